The summed E-state index contributed by atoms with van der Waals surface area (Å²) in [4.78, 5) is 31.9. The molecule has 0 bridgehead atoms. The van der Waals surface area contributed by atoms with E-state index in [-0.39, 0.29) is 11.9 Å². The third kappa shape index (κ3) is 3.90. The molecule has 1 aliphatic heterocycles. The SMILES string of the molecule is Cc1cc(-c2cncnc2)cc(C2CCCN2C(=O)CCc2nc(C)no2)n1. The van der Waals surface area contributed by atoms with E-state index >= 15 is 0 Å². The lowest BCUT2D eigenvalue weighted by Gasteiger charge is -2.25. The summed E-state index contributed by atoms with van der Waals surface area (Å²) in [6, 6.07) is 4.05. The zero-order valence-corrected chi connectivity index (χ0v) is 16.0. The Morgan fingerprint density at radius 1 is 1.18 bits per heavy atom. The van der Waals surface area contributed by atoms with Gasteiger partial charge in [-0.3, -0.25) is 9.78 Å². The number of aryl methyl sites for hydroxylation is 3. The van der Waals surface area contributed by atoms with Gasteiger partial charge in [-0.25, -0.2) is 9.97 Å². The Hall–Kier alpha value is -3.16. The topological polar surface area (TPSA) is 97.9 Å². The number of rotatable bonds is 5. The van der Waals surface area contributed by atoms with Gasteiger partial charge in [0.25, 0.3) is 0 Å². The summed E-state index contributed by atoms with van der Waals surface area (Å²) in [6.07, 6.45) is 7.77. The molecule has 8 heteroatoms. The molecule has 144 valence electrons. The molecule has 0 spiro atoms. The molecular formula is C20H22N6O2. The van der Waals surface area contributed by atoms with E-state index in [2.05, 4.69) is 20.1 Å². The molecule has 0 aliphatic carbocycles. The van der Waals surface area contributed by atoms with Crippen LogP contribution in [0.2, 0.25) is 0 Å². The lowest BCUT2D eigenvalue weighted by molar-refractivity contribution is -0.132. The zero-order valence-electron chi connectivity index (χ0n) is 16.0. The van der Waals surface area contributed by atoms with Gasteiger partial charge in [0.15, 0.2) is 5.82 Å². The summed E-state index contributed by atoms with van der Waals surface area (Å²) in [5, 5.41) is 3.77. The molecule has 1 amide bonds. The highest BCUT2D eigenvalue weighted by molar-refractivity contribution is 5.77. The number of hydrogen-bond donors (Lipinski definition) is 0. The lowest BCUT2D eigenvalue weighted by atomic mass is 10.0. The summed E-state index contributed by atoms with van der Waals surface area (Å²) in [7, 11) is 0. The van der Waals surface area contributed by atoms with Crippen LogP contribution in [-0.4, -0.2) is 42.4 Å². The number of amides is 1. The first-order chi connectivity index (χ1) is 13.6. The Balaban J connectivity index is 1.53. The van der Waals surface area contributed by atoms with Crippen molar-refractivity contribution in [2.75, 3.05) is 6.54 Å². The minimum Gasteiger partial charge on any atom is -0.339 e. The van der Waals surface area contributed by atoms with E-state index in [4.69, 9.17) is 9.51 Å². The highest BCUT2D eigenvalue weighted by Gasteiger charge is 2.31. The predicted molar refractivity (Wildman–Crippen MR) is 101 cm³/mol. The molecule has 0 N–H and O–H groups in total. The van der Waals surface area contributed by atoms with Crippen molar-refractivity contribution in [3.05, 3.63) is 54.0 Å². The molecule has 1 fully saturated rings. The molecule has 8 nitrogen and oxygen atoms in total. The van der Waals surface area contributed by atoms with Crippen molar-refractivity contribution in [3.63, 3.8) is 0 Å². The second-order valence-electron chi connectivity index (χ2n) is 7.03. The maximum absolute atomic E-state index is 12.8. The van der Waals surface area contributed by atoms with Crippen LogP contribution >= 0.6 is 0 Å². The van der Waals surface area contributed by atoms with Gasteiger partial charge in [0.05, 0.1) is 11.7 Å². The Morgan fingerprint density at radius 3 is 2.75 bits per heavy atom. The van der Waals surface area contributed by atoms with Crippen LogP contribution in [-0.2, 0) is 11.2 Å². The van der Waals surface area contributed by atoms with Crippen LogP contribution in [0.25, 0.3) is 11.1 Å². The van der Waals surface area contributed by atoms with Gasteiger partial charge < -0.3 is 9.42 Å². The van der Waals surface area contributed by atoms with Crippen molar-refractivity contribution in [1.29, 1.82) is 0 Å². The normalized spacial score (nSPS) is 16.5. The number of carbonyl (C=O) groups excluding carboxylic acids is 1. The number of hydrogen-bond acceptors (Lipinski definition) is 7. The molecule has 28 heavy (non-hydrogen) atoms. The van der Waals surface area contributed by atoms with Crippen LogP contribution in [0.3, 0.4) is 0 Å². The van der Waals surface area contributed by atoms with Crippen molar-refractivity contribution in [1.82, 2.24) is 30.0 Å². The maximum Gasteiger partial charge on any atom is 0.227 e. The van der Waals surface area contributed by atoms with Crippen LogP contribution < -0.4 is 0 Å². The average molecular weight is 378 g/mol. The second kappa shape index (κ2) is 7.84. The fourth-order valence-electron chi connectivity index (χ4n) is 3.65. The van der Waals surface area contributed by atoms with Crippen LogP contribution in [0.4, 0.5) is 0 Å². The highest BCUT2D eigenvalue weighted by Crippen LogP contribution is 2.33. The molecule has 3 aromatic rings. The van der Waals surface area contributed by atoms with Crippen LogP contribution in [0, 0.1) is 13.8 Å². The molecule has 0 radical (unpaired) electrons. The third-order valence-electron chi connectivity index (χ3n) is 4.90. The second-order valence-corrected chi connectivity index (χ2v) is 7.03. The first-order valence-electron chi connectivity index (χ1n) is 9.43. The van der Waals surface area contributed by atoms with E-state index in [0.29, 0.717) is 24.6 Å². The van der Waals surface area contributed by atoms with E-state index < -0.39 is 0 Å². The van der Waals surface area contributed by atoms with Crippen molar-refractivity contribution >= 4 is 5.91 Å². The summed E-state index contributed by atoms with van der Waals surface area (Å²) in [6.45, 7) is 4.48. The van der Waals surface area contributed by atoms with E-state index in [1.165, 1.54) is 6.33 Å². The standard InChI is InChI=1S/C20H22N6O2/c1-13-8-15(16-10-21-12-22-11-16)9-17(23-13)18-4-3-7-26(18)20(27)6-5-19-24-14(2)25-28-19/h8-12,18H,3-7H2,1-2H3. The van der Waals surface area contributed by atoms with E-state index in [1.807, 2.05) is 24.0 Å². The van der Waals surface area contributed by atoms with Gasteiger partial charge >= 0.3 is 0 Å². The molecule has 1 saturated heterocycles. The molecule has 1 atom stereocenters. The highest BCUT2D eigenvalue weighted by atomic mass is 16.5. The quantitative estimate of drug-likeness (QED) is 0.673. The monoisotopic (exact) mass is 378 g/mol. The molecular weight excluding hydrogens is 356 g/mol. The smallest absolute Gasteiger partial charge is 0.227 e. The molecule has 3 aromatic heterocycles. The van der Waals surface area contributed by atoms with Gasteiger partial charge in [0.1, 0.15) is 6.33 Å². The van der Waals surface area contributed by atoms with Gasteiger partial charge in [-0.2, -0.15) is 4.98 Å². The fourth-order valence-corrected chi connectivity index (χ4v) is 3.65. The summed E-state index contributed by atoms with van der Waals surface area (Å²) < 4.78 is 5.11. The summed E-state index contributed by atoms with van der Waals surface area (Å²) >= 11 is 0. The molecule has 4 rings (SSSR count). The number of likely N-dealkylation sites (tertiary alicyclic amines) is 1. The van der Waals surface area contributed by atoms with Crippen molar-refractivity contribution in [3.8, 4) is 11.1 Å². The van der Waals surface area contributed by atoms with Crippen LogP contribution in [0.5, 0.6) is 0 Å². The predicted octanol–water partition coefficient (Wildman–Crippen LogP) is 2.83. The molecule has 1 aliphatic rings. The van der Waals surface area contributed by atoms with Crippen molar-refractivity contribution in [2.45, 2.75) is 45.6 Å². The van der Waals surface area contributed by atoms with Gasteiger partial charge in [-0.05, 0) is 44.4 Å². The lowest BCUT2D eigenvalue weighted by Crippen LogP contribution is -2.31. The Bertz CT molecular complexity index is 972. The number of aromatic nitrogens is 5. The number of nitrogens with zero attached hydrogens (tertiary/aromatic N) is 6. The van der Waals surface area contributed by atoms with Crippen LogP contribution in [0.1, 0.15) is 48.4 Å². The minimum absolute atomic E-state index is 0.0137. The van der Waals surface area contributed by atoms with E-state index in [0.717, 1.165) is 41.9 Å². The first-order valence-corrected chi connectivity index (χ1v) is 9.43. The molecule has 0 aromatic carbocycles. The summed E-state index contributed by atoms with van der Waals surface area (Å²) in [5.41, 5.74) is 3.79. The number of pyridine rings is 1. The number of carbonyl (C=O) groups is 1. The average Bonchev–Trinajstić information content (AvgIpc) is 3.35. The first kappa shape index (κ1) is 18.2. The Kier molecular flexibility index (Phi) is 5.10. The van der Waals surface area contributed by atoms with E-state index in [9.17, 15) is 4.79 Å². The van der Waals surface area contributed by atoms with Gasteiger partial charge in [0, 0.05) is 43.0 Å². The van der Waals surface area contributed by atoms with Gasteiger partial charge in [-0.15, -0.1) is 0 Å². The Labute approximate surface area is 163 Å². The van der Waals surface area contributed by atoms with E-state index in [1.54, 1.807) is 19.3 Å². The zero-order chi connectivity index (χ0) is 19.5. The Morgan fingerprint density at radius 2 is 2.00 bits per heavy atom. The fraction of sp³-hybridized carbons (Fsp3) is 0.400. The maximum atomic E-state index is 12.8. The third-order valence-corrected chi connectivity index (χ3v) is 4.90. The van der Waals surface area contributed by atoms with Gasteiger partial charge in [-0.1, -0.05) is 5.16 Å². The van der Waals surface area contributed by atoms with Crippen molar-refractivity contribution in [2.24, 2.45) is 0 Å². The molecule has 4 heterocycles. The van der Waals surface area contributed by atoms with Crippen LogP contribution in [0.15, 0.2) is 35.4 Å². The summed E-state index contributed by atoms with van der Waals surface area (Å²) in [5.74, 6) is 1.18. The van der Waals surface area contributed by atoms with Crippen molar-refractivity contribution < 1.29 is 9.32 Å². The largest absolute Gasteiger partial charge is 0.339 e. The molecule has 1 unspecified atom stereocenters. The minimum atomic E-state index is -0.0137. The van der Waals surface area contributed by atoms with Gasteiger partial charge in [0.2, 0.25) is 11.8 Å². The molecule has 0 saturated carbocycles.